The topological polar surface area (TPSA) is 39.7 Å². The molecule has 2 N–H and O–H groups in total. The molecule has 24 heavy (non-hydrogen) atoms. The van der Waals surface area contributed by atoms with Crippen LogP contribution in [0.3, 0.4) is 0 Å². The Balaban J connectivity index is 2.44. The lowest BCUT2D eigenvalue weighted by Crippen LogP contribution is -2.46. The Hall–Kier alpha value is -0.630. The fourth-order valence-corrected chi connectivity index (χ4v) is 4.07. The van der Waals surface area contributed by atoms with Gasteiger partial charge in [-0.25, -0.2) is 0 Å². The molecule has 1 fully saturated rings. The van der Waals surface area contributed by atoms with Crippen molar-refractivity contribution in [3.05, 3.63) is 0 Å². The summed E-state index contributed by atoms with van der Waals surface area (Å²) in [5, 5.41) is 7.34. The third-order valence-electron chi connectivity index (χ3n) is 3.91. The summed E-state index contributed by atoms with van der Waals surface area (Å²) in [6.07, 6.45) is 0.570. The van der Waals surface area contributed by atoms with Crippen LogP contribution in [0.1, 0.15) is 39.5 Å². The number of alkyl halides is 3. The van der Waals surface area contributed by atoms with E-state index in [9.17, 15) is 13.2 Å². The summed E-state index contributed by atoms with van der Waals surface area (Å²) in [5.74, 6) is 1.85. The molecule has 0 saturated heterocycles. The van der Waals surface area contributed by atoms with E-state index in [1.165, 1.54) is 24.8 Å². The zero-order valence-corrected chi connectivity index (χ0v) is 15.8. The number of thioether (sulfide) groups is 1. The average molecular weight is 369 g/mol. The summed E-state index contributed by atoms with van der Waals surface area (Å²) < 4.78 is 37.0. The molecule has 0 spiro atoms. The van der Waals surface area contributed by atoms with Crippen LogP contribution in [0.4, 0.5) is 13.2 Å². The van der Waals surface area contributed by atoms with Gasteiger partial charge in [0.05, 0.1) is 13.1 Å². The van der Waals surface area contributed by atoms with Crippen LogP contribution in [0.5, 0.6) is 0 Å². The standard InChI is InChI=1S/C16H31F3N4S/c1-4-20-15(21-9-10-23(3)12-16(17,18)19)22-13-7-6-8-14(11-13)24-5-2/h13-14H,4-12H2,1-3H3,(H2,20,21,22). The van der Waals surface area contributed by atoms with Gasteiger partial charge in [-0.3, -0.25) is 9.89 Å². The highest BCUT2D eigenvalue weighted by molar-refractivity contribution is 7.99. The first-order valence-electron chi connectivity index (χ1n) is 8.75. The molecule has 2 atom stereocenters. The SMILES string of the molecule is CCNC(=NCCN(C)CC(F)(F)F)NC1CCCC(SCC)C1. The van der Waals surface area contributed by atoms with Gasteiger partial charge in [0.15, 0.2) is 5.96 Å². The van der Waals surface area contributed by atoms with Gasteiger partial charge in [0.2, 0.25) is 0 Å². The Labute approximate surface area is 148 Å². The van der Waals surface area contributed by atoms with Crippen molar-refractivity contribution in [2.75, 3.05) is 39.0 Å². The van der Waals surface area contributed by atoms with E-state index < -0.39 is 12.7 Å². The van der Waals surface area contributed by atoms with Crippen molar-refractivity contribution in [2.24, 2.45) is 4.99 Å². The lowest BCUT2D eigenvalue weighted by molar-refractivity contribution is -0.142. The number of likely N-dealkylation sites (N-methyl/N-ethyl adjacent to an activating group) is 1. The molecule has 0 amide bonds. The van der Waals surface area contributed by atoms with Crippen LogP contribution in [0.2, 0.25) is 0 Å². The molecule has 0 bridgehead atoms. The smallest absolute Gasteiger partial charge is 0.357 e. The van der Waals surface area contributed by atoms with Gasteiger partial charge < -0.3 is 10.6 Å². The second-order valence-corrected chi connectivity index (χ2v) is 7.78. The average Bonchev–Trinajstić information content (AvgIpc) is 2.46. The molecule has 0 aliphatic heterocycles. The lowest BCUT2D eigenvalue weighted by atomic mass is 9.95. The molecule has 142 valence electrons. The van der Waals surface area contributed by atoms with Crippen molar-refractivity contribution in [2.45, 2.75) is 57.0 Å². The van der Waals surface area contributed by atoms with E-state index in [0.717, 1.165) is 25.1 Å². The molecule has 1 rings (SSSR count). The highest BCUT2D eigenvalue weighted by Gasteiger charge is 2.28. The van der Waals surface area contributed by atoms with Gasteiger partial charge in [0.25, 0.3) is 0 Å². The third kappa shape index (κ3) is 9.61. The van der Waals surface area contributed by atoms with Crippen molar-refractivity contribution in [1.82, 2.24) is 15.5 Å². The maximum absolute atomic E-state index is 12.3. The molecule has 0 radical (unpaired) electrons. The van der Waals surface area contributed by atoms with Gasteiger partial charge in [-0.1, -0.05) is 13.3 Å². The van der Waals surface area contributed by atoms with Gasteiger partial charge in [-0.15, -0.1) is 0 Å². The summed E-state index contributed by atoms with van der Waals surface area (Å²) in [4.78, 5) is 5.68. The van der Waals surface area contributed by atoms with E-state index in [4.69, 9.17) is 0 Å². The molecule has 0 aromatic heterocycles. The first-order valence-corrected chi connectivity index (χ1v) is 9.80. The monoisotopic (exact) mass is 368 g/mol. The first kappa shape index (κ1) is 21.4. The molecular formula is C16H31F3N4S. The number of aliphatic imine (C=N–C) groups is 1. The molecule has 0 heterocycles. The zero-order chi connectivity index (χ0) is 18.0. The van der Waals surface area contributed by atoms with E-state index in [1.807, 2.05) is 18.7 Å². The molecule has 2 unspecified atom stereocenters. The first-order chi connectivity index (χ1) is 11.3. The number of hydrogen-bond acceptors (Lipinski definition) is 3. The normalized spacial score (nSPS) is 22.7. The van der Waals surface area contributed by atoms with E-state index in [1.54, 1.807) is 0 Å². The summed E-state index contributed by atoms with van der Waals surface area (Å²) in [6.45, 7) is 4.65. The van der Waals surface area contributed by atoms with Gasteiger partial charge >= 0.3 is 6.18 Å². The maximum Gasteiger partial charge on any atom is 0.401 e. The van der Waals surface area contributed by atoms with E-state index in [2.05, 4.69) is 22.5 Å². The number of halogens is 3. The minimum atomic E-state index is -4.16. The van der Waals surface area contributed by atoms with E-state index in [-0.39, 0.29) is 6.54 Å². The van der Waals surface area contributed by atoms with Crippen molar-refractivity contribution < 1.29 is 13.2 Å². The Morgan fingerprint density at radius 3 is 2.67 bits per heavy atom. The number of hydrogen-bond donors (Lipinski definition) is 2. The third-order valence-corrected chi connectivity index (χ3v) is 5.15. The number of nitrogens with zero attached hydrogens (tertiary/aromatic N) is 2. The molecule has 1 aliphatic carbocycles. The molecule has 8 heteroatoms. The van der Waals surface area contributed by atoms with Crippen molar-refractivity contribution in [1.29, 1.82) is 0 Å². The Bertz CT molecular complexity index is 375. The van der Waals surface area contributed by atoms with Crippen LogP contribution in [0, 0.1) is 0 Å². The lowest BCUT2D eigenvalue weighted by Gasteiger charge is -2.30. The number of nitrogens with one attached hydrogen (secondary N) is 2. The minimum Gasteiger partial charge on any atom is -0.357 e. The second-order valence-electron chi connectivity index (χ2n) is 6.20. The largest absolute Gasteiger partial charge is 0.401 e. The number of rotatable bonds is 8. The van der Waals surface area contributed by atoms with Crippen LogP contribution < -0.4 is 10.6 Å². The van der Waals surface area contributed by atoms with Crippen LogP contribution in [-0.4, -0.2) is 67.3 Å². The second kappa shape index (κ2) is 11.1. The quantitative estimate of drug-likeness (QED) is 0.510. The summed E-state index contributed by atoms with van der Waals surface area (Å²) in [5.41, 5.74) is 0. The van der Waals surface area contributed by atoms with Crippen LogP contribution in [0.25, 0.3) is 0 Å². The predicted octanol–water partition coefficient (Wildman–Crippen LogP) is 3.10. The minimum absolute atomic E-state index is 0.287. The Morgan fingerprint density at radius 2 is 2.04 bits per heavy atom. The summed E-state index contributed by atoms with van der Waals surface area (Å²) in [6, 6.07) is 0.397. The predicted molar refractivity (Wildman–Crippen MR) is 96.8 cm³/mol. The summed E-state index contributed by atoms with van der Waals surface area (Å²) >= 11 is 2.01. The van der Waals surface area contributed by atoms with E-state index in [0.29, 0.717) is 23.8 Å². The number of guanidine groups is 1. The highest BCUT2D eigenvalue weighted by atomic mass is 32.2. The van der Waals surface area contributed by atoms with Crippen LogP contribution >= 0.6 is 11.8 Å². The molecule has 0 aromatic rings. The van der Waals surface area contributed by atoms with Crippen molar-refractivity contribution >= 4 is 17.7 Å². The van der Waals surface area contributed by atoms with Gasteiger partial charge in [0, 0.05) is 24.4 Å². The maximum atomic E-state index is 12.3. The Morgan fingerprint density at radius 1 is 1.29 bits per heavy atom. The van der Waals surface area contributed by atoms with Crippen molar-refractivity contribution in [3.63, 3.8) is 0 Å². The van der Waals surface area contributed by atoms with Gasteiger partial charge in [-0.05, 0) is 39.0 Å². The van der Waals surface area contributed by atoms with Crippen LogP contribution in [0.15, 0.2) is 4.99 Å². The van der Waals surface area contributed by atoms with Crippen molar-refractivity contribution in [3.8, 4) is 0 Å². The summed E-state index contributed by atoms with van der Waals surface area (Å²) in [7, 11) is 1.47. The molecular weight excluding hydrogens is 337 g/mol. The zero-order valence-electron chi connectivity index (χ0n) is 15.0. The highest BCUT2D eigenvalue weighted by Crippen LogP contribution is 2.28. The Kier molecular flexibility index (Phi) is 9.88. The fraction of sp³-hybridized carbons (Fsp3) is 0.938. The molecule has 0 aromatic carbocycles. The fourth-order valence-electron chi connectivity index (χ4n) is 2.89. The van der Waals surface area contributed by atoms with Gasteiger partial charge in [0.1, 0.15) is 0 Å². The van der Waals surface area contributed by atoms with Crippen LogP contribution in [-0.2, 0) is 0 Å². The molecule has 4 nitrogen and oxygen atoms in total. The molecule has 1 aliphatic rings. The molecule has 1 saturated carbocycles. The van der Waals surface area contributed by atoms with E-state index >= 15 is 0 Å². The van der Waals surface area contributed by atoms with Gasteiger partial charge in [-0.2, -0.15) is 24.9 Å².